The molecule has 0 aliphatic heterocycles. The summed E-state index contributed by atoms with van der Waals surface area (Å²) in [5, 5.41) is 8.45. The van der Waals surface area contributed by atoms with Gasteiger partial charge in [-0.3, -0.25) is 4.98 Å². The molecule has 3 aromatic rings. The fourth-order valence-electron chi connectivity index (χ4n) is 2.18. The molecule has 0 atom stereocenters. The fraction of sp³-hybridized carbons (Fsp3) is 0.176. The van der Waals surface area contributed by atoms with Crippen LogP contribution in [0.5, 0.6) is 0 Å². The van der Waals surface area contributed by atoms with Crippen molar-refractivity contribution in [1.29, 1.82) is 0 Å². The summed E-state index contributed by atoms with van der Waals surface area (Å²) in [6, 6.07) is 10.2. The average Bonchev–Trinajstić information content (AvgIpc) is 2.86. The minimum Gasteiger partial charge on any atom is -0.380 e. The van der Waals surface area contributed by atoms with E-state index in [0.717, 1.165) is 23.6 Å². The highest BCUT2D eigenvalue weighted by molar-refractivity contribution is 6.31. The van der Waals surface area contributed by atoms with Crippen molar-refractivity contribution in [2.75, 3.05) is 5.32 Å². The lowest BCUT2D eigenvalue weighted by atomic mass is 10.2. The van der Waals surface area contributed by atoms with E-state index >= 15 is 0 Å². The number of hydrogen-bond acceptors (Lipinski definition) is 3. The van der Waals surface area contributed by atoms with Crippen LogP contribution in [0.1, 0.15) is 16.8 Å². The van der Waals surface area contributed by atoms with Crippen LogP contribution in [0.25, 0.3) is 5.69 Å². The van der Waals surface area contributed by atoms with E-state index in [-0.39, 0.29) is 0 Å². The first kappa shape index (κ1) is 14.6. The second-order valence-electron chi connectivity index (χ2n) is 5.22. The summed E-state index contributed by atoms with van der Waals surface area (Å²) in [7, 11) is 0. The van der Waals surface area contributed by atoms with Crippen molar-refractivity contribution in [1.82, 2.24) is 14.8 Å². The Balaban J connectivity index is 1.70. The lowest BCUT2D eigenvalue weighted by Crippen LogP contribution is -2.02. The van der Waals surface area contributed by atoms with Gasteiger partial charge in [0.1, 0.15) is 0 Å². The molecule has 0 spiro atoms. The van der Waals surface area contributed by atoms with Gasteiger partial charge in [-0.1, -0.05) is 23.7 Å². The van der Waals surface area contributed by atoms with Crippen molar-refractivity contribution in [2.24, 2.45) is 0 Å². The highest BCUT2D eigenvalue weighted by Crippen LogP contribution is 2.17. The minimum atomic E-state index is 0.679. The van der Waals surface area contributed by atoms with Gasteiger partial charge in [-0.15, -0.1) is 0 Å². The van der Waals surface area contributed by atoms with Crippen LogP contribution in [-0.4, -0.2) is 14.8 Å². The topological polar surface area (TPSA) is 42.7 Å². The van der Waals surface area contributed by atoms with Crippen LogP contribution in [0.15, 0.2) is 48.9 Å². The van der Waals surface area contributed by atoms with Crippen LogP contribution in [0.4, 0.5) is 5.69 Å². The molecule has 0 radical (unpaired) electrons. The molecule has 0 aliphatic rings. The van der Waals surface area contributed by atoms with Gasteiger partial charge in [0.15, 0.2) is 0 Å². The maximum atomic E-state index is 6.04. The zero-order valence-electron chi connectivity index (χ0n) is 12.5. The summed E-state index contributed by atoms with van der Waals surface area (Å²) in [6.45, 7) is 4.72. The molecule has 0 aliphatic carbocycles. The van der Waals surface area contributed by atoms with Gasteiger partial charge >= 0.3 is 0 Å². The Morgan fingerprint density at radius 2 is 1.91 bits per heavy atom. The Morgan fingerprint density at radius 3 is 2.55 bits per heavy atom. The van der Waals surface area contributed by atoms with Crippen LogP contribution in [0.2, 0.25) is 5.02 Å². The molecule has 0 bridgehead atoms. The summed E-state index contributed by atoms with van der Waals surface area (Å²) in [5.41, 5.74) is 5.27. The summed E-state index contributed by atoms with van der Waals surface area (Å²) < 4.78 is 1.79. The Kier molecular flexibility index (Phi) is 4.11. The quantitative estimate of drug-likeness (QED) is 0.787. The third-order valence-corrected chi connectivity index (χ3v) is 3.93. The molecule has 3 rings (SSSR count). The maximum Gasteiger partial charge on any atom is 0.0819 e. The first-order valence-electron chi connectivity index (χ1n) is 7.09. The fourth-order valence-corrected chi connectivity index (χ4v) is 2.31. The van der Waals surface area contributed by atoms with Gasteiger partial charge in [0.25, 0.3) is 0 Å². The molecule has 1 aromatic carbocycles. The number of halogens is 1. The summed E-state index contributed by atoms with van der Waals surface area (Å²) in [6.07, 6.45) is 5.47. The van der Waals surface area contributed by atoms with Crippen molar-refractivity contribution in [3.8, 4) is 5.69 Å². The molecule has 0 fully saturated rings. The van der Waals surface area contributed by atoms with E-state index in [9.17, 15) is 0 Å². The molecule has 0 unspecified atom stereocenters. The normalized spacial score (nSPS) is 10.7. The zero-order chi connectivity index (χ0) is 15.5. The number of aryl methyl sites for hydroxylation is 2. The van der Waals surface area contributed by atoms with Crippen LogP contribution in [0.3, 0.4) is 0 Å². The highest BCUT2D eigenvalue weighted by atomic mass is 35.5. The summed E-state index contributed by atoms with van der Waals surface area (Å²) >= 11 is 6.04. The second kappa shape index (κ2) is 6.20. The van der Waals surface area contributed by atoms with E-state index in [1.165, 1.54) is 11.1 Å². The van der Waals surface area contributed by atoms with E-state index < -0.39 is 0 Å². The molecule has 0 saturated heterocycles. The maximum absolute atomic E-state index is 6.04. The van der Waals surface area contributed by atoms with E-state index in [1.807, 2.05) is 37.5 Å². The van der Waals surface area contributed by atoms with Crippen molar-refractivity contribution in [2.45, 2.75) is 20.4 Å². The molecule has 1 N–H and O–H groups in total. The number of nitrogens with zero attached hydrogens (tertiary/aromatic N) is 3. The van der Waals surface area contributed by atoms with E-state index in [4.69, 9.17) is 11.6 Å². The van der Waals surface area contributed by atoms with Crippen LogP contribution in [-0.2, 0) is 6.54 Å². The van der Waals surface area contributed by atoms with Crippen molar-refractivity contribution in [3.05, 3.63) is 70.8 Å². The third-order valence-electron chi connectivity index (χ3n) is 3.56. The van der Waals surface area contributed by atoms with Crippen molar-refractivity contribution >= 4 is 17.3 Å². The molecule has 0 amide bonds. The van der Waals surface area contributed by atoms with Crippen LogP contribution in [0, 0.1) is 13.8 Å². The SMILES string of the molecule is Cc1ccncc1NCc1ccc(-n2cc(Cl)c(C)n2)cc1. The van der Waals surface area contributed by atoms with Crippen molar-refractivity contribution < 1.29 is 0 Å². The van der Waals surface area contributed by atoms with E-state index in [1.54, 1.807) is 10.9 Å². The Bertz CT molecular complexity index is 758. The lowest BCUT2D eigenvalue weighted by molar-refractivity contribution is 0.861. The lowest BCUT2D eigenvalue weighted by Gasteiger charge is -2.09. The molecule has 5 heteroatoms. The molecular weight excluding hydrogens is 296 g/mol. The van der Waals surface area contributed by atoms with Gasteiger partial charge < -0.3 is 5.32 Å². The number of anilines is 1. The standard InChI is InChI=1S/C17H17ClN4/c1-12-7-8-19-10-17(12)20-9-14-3-5-15(6-4-14)22-11-16(18)13(2)21-22/h3-8,10-11,20H,9H2,1-2H3. The smallest absolute Gasteiger partial charge is 0.0819 e. The Labute approximate surface area is 134 Å². The summed E-state index contributed by atoms with van der Waals surface area (Å²) in [5.74, 6) is 0. The van der Waals surface area contributed by atoms with Gasteiger partial charge in [-0.25, -0.2) is 4.68 Å². The number of nitrogens with one attached hydrogen (secondary N) is 1. The van der Waals surface area contributed by atoms with Crippen LogP contribution >= 0.6 is 11.6 Å². The monoisotopic (exact) mass is 312 g/mol. The average molecular weight is 313 g/mol. The second-order valence-corrected chi connectivity index (χ2v) is 5.62. The number of pyridine rings is 1. The van der Waals surface area contributed by atoms with Crippen LogP contribution < -0.4 is 5.32 Å². The van der Waals surface area contributed by atoms with Crippen molar-refractivity contribution in [3.63, 3.8) is 0 Å². The molecular formula is C17H17ClN4. The Hall–Kier alpha value is -2.33. The predicted octanol–water partition coefficient (Wildman–Crippen LogP) is 4.15. The van der Waals surface area contributed by atoms with E-state index in [0.29, 0.717) is 5.02 Å². The molecule has 2 heterocycles. The zero-order valence-corrected chi connectivity index (χ0v) is 13.3. The largest absolute Gasteiger partial charge is 0.380 e. The van der Waals surface area contributed by atoms with Gasteiger partial charge in [0.2, 0.25) is 0 Å². The highest BCUT2D eigenvalue weighted by Gasteiger charge is 2.04. The van der Waals surface area contributed by atoms with Gasteiger partial charge in [0.05, 0.1) is 28.3 Å². The van der Waals surface area contributed by atoms with E-state index in [2.05, 4.69) is 34.5 Å². The van der Waals surface area contributed by atoms with Gasteiger partial charge in [0, 0.05) is 18.9 Å². The first-order valence-corrected chi connectivity index (χ1v) is 7.47. The summed E-state index contributed by atoms with van der Waals surface area (Å²) in [4.78, 5) is 4.14. The Morgan fingerprint density at radius 1 is 1.14 bits per heavy atom. The molecule has 2 aromatic heterocycles. The molecule has 112 valence electrons. The number of benzene rings is 1. The van der Waals surface area contributed by atoms with Gasteiger partial charge in [-0.2, -0.15) is 5.10 Å². The molecule has 22 heavy (non-hydrogen) atoms. The first-order chi connectivity index (χ1) is 10.6. The number of hydrogen-bond donors (Lipinski definition) is 1. The third kappa shape index (κ3) is 3.12. The predicted molar refractivity (Wildman–Crippen MR) is 89.6 cm³/mol. The molecule has 0 saturated carbocycles. The molecule has 4 nitrogen and oxygen atoms in total. The minimum absolute atomic E-state index is 0.679. The number of aromatic nitrogens is 3. The number of rotatable bonds is 4. The van der Waals surface area contributed by atoms with Gasteiger partial charge in [-0.05, 0) is 43.2 Å².